The Hall–Kier alpha value is -3.32. The minimum atomic E-state index is -4.36. The van der Waals surface area contributed by atoms with E-state index in [0.717, 1.165) is 12.1 Å². The molecule has 43 heavy (non-hydrogen) atoms. The quantitative estimate of drug-likeness (QED) is 0.212. The standard InChI is InChI=1S/C28H29Cl2F5N4O4/c1-27(2,3)24(42)36-12-13-4-9-17(29)22(21(13)30)38-26-37-18-10-16(23(40)41)20(43-25(31)32)11-19(18)39(26)15-7-5-14(6-8-15)28(33,34)35/h4,9-11,14-15,25H,5-8,12H2,1-3H3,(H,36,42)(H,37,38)(H,40,41). The summed E-state index contributed by atoms with van der Waals surface area (Å²) in [5.74, 6) is -3.83. The number of carbonyl (C=O) groups is 2. The van der Waals surface area contributed by atoms with Gasteiger partial charge in [-0.2, -0.15) is 22.0 Å². The maximum Gasteiger partial charge on any atom is 0.391 e. The molecule has 2 aromatic carbocycles. The molecule has 0 radical (unpaired) electrons. The molecule has 4 rings (SSSR count). The number of anilines is 2. The van der Waals surface area contributed by atoms with Crippen LogP contribution >= 0.6 is 23.2 Å². The van der Waals surface area contributed by atoms with Gasteiger partial charge in [0, 0.05) is 24.1 Å². The highest BCUT2D eigenvalue weighted by Crippen LogP contribution is 2.45. The van der Waals surface area contributed by atoms with Crippen molar-refractivity contribution in [3.8, 4) is 5.75 Å². The number of aromatic carboxylic acids is 1. The molecule has 1 saturated carbocycles. The molecule has 0 spiro atoms. The van der Waals surface area contributed by atoms with E-state index in [0.29, 0.717) is 5.56 Å². The van der Waals surface area contributed by atoms with Crippen molar-refractivity contribution >= 4 is 57.7 Å². The van der Waals surface area contributed by atoms with Gasteiger partial charge >= 0.3 is 18.8 Å². The minimum absolute atomic E-state index is 0.0515. The molecule has 8 nitrogen and oxygen atoms in total. The normalized spacial score (nSPS) is 17.7. The van der Waals surface area contributed by atoms with Crippen molar-refractivity contribution in [3.63, 3.8) is 0 Å². The third kappa shape index (κ3) is 7.26. The number of rotatable bonds is 8. The molecule has 0 atom stereocenters. The molecule has 234 valence electrons. The third-order valence-electron chi connectivity index (χ3n) is 7.29. The monoisotopic (exact) mass is 650 g/mol. The van der Waals surface area contributed by atoms with Crippen LogP contribution in [0.3, 0.4) is 0 Å². The van der Waals surface area contributed by atoms with Gasteiger partial charge in [-0.05, 0) is 43.4 Å². The van der Waals surface area contributed by atoms with Crippen LogP contribution in [0.2, 0.25) is 10.0 Å². The number of nitrogens with one attached hydrogen (secondary N) is 2. The molecule has 3 aromatic rings. The van der Waals surface area contributed by atoms with Gasteiger partial charge in [0.2, 0.25) is 11.9 Å². The van der Waals surface area contributed by atoms with Crippen LogP contribution < -0.4 is 15.4 Å². The summed E-state index contributed by atoms with van der Waals surface area (Å²) in [5.41, 5.74) is -0.316. The Bertz CT molecular complexity index is 1530. The lowest BCUT2D eigenvalue weighted by molar-refractivity contribution is -0.183. The molecular weight excluding hydrogens is 622 g/mol. The van der Waals surface area contributed by atoms with Gasteiger partial charge in [-0.1, -0.05) is 50.0 Å². The highest BCUT2D eigenvalue weighted by atomic mass is 35.5. The molecule has 0 bridgehead atoms. The summed E-state index contributed by atoms with van der Waals surface area (Å²) >= 11 is 13.1. The predicted octanol–water partition coefficient (Wildman–Crippen LogP) is 8.34. The van der Waals surface area contributed by atoms with Gasteiger partial charge in [0.1, 0.15) is 11.3 Å². The zero-order valence-corrected chi connectivity index (χ0v) is 24.8. The van der Waals surface area contributed by atoms with E-state index in [9.17, 15) is 36.6 Å². The maximum absolute atomic E-state index is 13.4. The van der Waals surface area contributed by atoms with Crippen molar-refractivity contribution in [1.82, 2.24) is 14.9 Å². The summed E-state index contributed by atoms with van der Waals surface area (Å²) in [5, 5.41) is 15.7. The predicted molar refractivity (Wildman–Crippen MR) is 151 cm³/mol. The summed E-state index contributed by atoms with van der Waals surface area (Å²) in [4.78, 5) is 28.7. The average molecular weight is 651 g/mol. The van der Waals surface area contributed by atoms with E-state index in [4.69, 9.17) is 23.2 Å². The number of hydrogen-bond acceptors (Lipinski definition) is 5. The number of benzene rings is 2. The van der Waals surface area contributed by atoms with Crippen molar-refractivity contribution in [2.24, 2.45) is 11.3 Å². The number of carboxylic acids is 1. The second kappa shape index (κ2) is 12.4. The Morgan fingerprint density at radius 3 is 2.33 bits per heavy atom. The number of nitrogens with zero attached hydrogens (tertiary/aromatic N) is 2. The number of fused-ring (bicyclic) bond motifs is 1. The van der Waals surface area contributed by atoms with E-state index in [1.54, 1.807) is 26.8 Å². The fraction of sp³-hybridized carbons (Fsp3) is 0.464. The number of carboxylic acid groups (broad SMARTS) is 1. The summed E-state index contributed by atoms with van der Waals surface area (Å²) in [6, 6.07) is 4.73. The molecule has 3 N–H and O–H groups in total. The topological polar surface area (TPSA) is 105 Å². The number of carbonyl (C=O) groups excluding carboxylic acids is 1. The van der Waals surface area contributed by atoms with E-state index >= 15 is 0 Å². The fourth-order valence-corrected chi connectivity index (χ4v) is 5.53. The van der Waals surface area contributed by atoms with E-state index in [2.05, 4.69) is 20.4 Å². The molecule has 1 amide bonds. The number of imidazole rings is 1. The lowest BCUT2D eigenvalue weighted by atomic mass is 9.85. The van der Waals surface area contributed by atoms with E-state index in [1.807, 2.05) is 0 Å². The van der Waals surface area contributed by atoms with Crippen molar-refractivity contribution in [3.05, 3.63) is 45.4 Å². The zero-order valence-electron chi connectivity index (χ0n) is 23.3. The summed E-state index contributed by atoms with van der Waals surface area (Å²) < 4.78 is 72.5. The number of alkyl halides is 5. The van der Waals surface area contributed by atoms with Gasteiger partial charge < -0.3 is 25.0 Å². The van der Waals surface area contributed by atoms with Crippen molar-refractivity contribution in [2.45, 2.75) is 71.8 Å². The van der Waals surface area contributed by atoms with Crippen LogP contribution in [-0.2, 0) is 11.3 Å². The molecule has 15 heteroatoms. The van der Waals surface area contributed by atoms with Gasteiger partial charge in [-0.3, -0.25) is 4.79 Å². The smallest absolute Gasteiger partial charge is 0.391 e. The maximum atomic E-state index is 13.4. The molecule has 1 aromatic heterocycles. The molecule has 1 fully saturated rings. The number of amides is 1. The minimum Gasteiger partial charge on any atom is -0.478 e. The fourth-order valence-electron chi connectivity index (χ4n) is 5.00. The third-order valence-corrected chi connectivity index (χ3v) is 8.04. The van der Waals surface area contributed by atoms with E-state index in [-0.39, 0.29) is 70.8 Å². The van der Waals surface area contributed by atoms with Crippen LogP contribution in [-0.4, -0.2) is 39.3 Å². The Morgan fingerprint density at radius 2 is 1.77 bits per heavy atom. The summed E-state index contributed by atoms with van der Waals surface area (Å²) in [7, 11) is 0. The Labute approximate surface area is 253 Å². The number of hydrogen-bond donors (Lipinski definition) is 3. The molecular formula is C28H29Cl2F5N4O4. The second-order valence-electron chi connectivity index (χ2n) is 11.3. The second-order valence-corrected chi connectivity index (χ2v) is 12.1. The highest BCUT2D eigenvalue weighted by Gasteiger charge is 2.42. The Morgan fingerprint density at radius 1 is 1.12 bits per heavy atom. The number of halogens is 7. The Balaban J connectivity index is 1.80. The van der Waals surface area contributed by atoms with Crippen molar-refractivity contribution in [1.29, 1.82) is 0 Å². The van der Waals surface area contributed by atoms with Crippen LogP contribution in [0.5, 0.6) is 5.75 Å². The van der Waals surface area contributed by atoms with Crippen LogP contribution in [0.4, 0.5) is 33.6 Å². The largest absolute Gasteiger partial charge is 0.478 e. The van der Waals surface area contributed by atoms with Crippen LogP contribution in [0.25, 0.3) is 11.0 Å². The van der Waals surface area contributed by atoms with Gasteiger partial charge in [0.25, 0.3) is 0 Å². The molecule has 1 aliphatic carbocycles. The molecule has 0 saturated heterocycles. The lowest BCUT2D eigenvalue weighted by Gasteiger charge is -2.32. The zero-order chi connectivity index (χ0) is 31.9. The first-order valence-electron chi connectivity index (χ1n) is 13.3. The Kier molecular flexibility index (Phi) is 9.36. The molecule has 0 unspecified atom stereocenters. The van der Waals surface area contributed by atoms with Crippen LogP contribution in [0.1, 0.15) is 68.4 Å². The lowest BCUT2D eigenvalue weighted by Crippen LogP contribution is -2.34. The number of ether oxygens (including phenoxy) is 1. The van der Waals surface area contributed by atoms with E-state index < -0.39 is 47.4 Å². The SMILES string of the molecule is CC(C)(C)C(=O)NCc1ccc(Cl)c(Nc2nc3cc(C(=O)O)c(OC(F)F)cc3n2C2CCC(C(F)(F)F)CC2)c1Cl. The highest BCUT2D eigenvalue weighted by molar-refractivity contribution is 6.39. The first-order chi connectivity index (χ1) is 20.0. The first-order valence-corrected chi connectivity index (χ1v) is 14.1. The number of aromatic nitrogens is 2. The summed E-state index contributed by atoms with van der Waals surface area (Å²) in [6.07, 6.45) is -4.55. The van der Waals surface area contributed by atoms with Gasteiger partial charge in [0.05, 0.1) is 32.7 Å². The van der Waals surface area contributed by atoms with Crippen LogP contribution in [0.15, 0.2) is 24.3 Å². The van der Waals surface area contributed by atoms with Crippen molar-refractivity contribution < 1.29 is 41.4 Å². The summed E-state index contributed by atoms with van der Waals surface area (Å²) in [6.45, 7) is 1.98. The molecule has 1 heterocycles. The van der Waals surface area contributed by atoms with Gasteiger partial charge in [-0.15, -0.1) is 0 Å². The van der Waals surface area contributed by atoms with Gasteiger partial charge in [-0.25, -0.2) is 9.78 Å². The molecule has 1 aliphatic rings. The average Bonchev–Trinajstić information content (AvgIpc) is 3.25. The van der Waals surface area contributed by atoms with E-state index in [1.165, 1.54) is 10.6 Å². The van der Waals surface area contributed by atoms with Gasteiger partial charge in [0.15, 0.2) is 0 Å². The first kappa shape index (κ1) is 32.6. The van der Waals surface area contributed by atoms with Crippen molar-refractivity contribution in [2.75, 3.05) is 5.32 Å². The van der Waals surface area contributed by atoms with Crippen LogP contribution in [0, 0.1) is 11.3 Å². The molecule has 0 aliphatic heterocycles.